The van der Waals surface area contributed by atoms with Crippen molar-refractivity contribution in [2.75, 3.05) is 13.7 Å². The average Bonchev–Trinajstić information content (AvgIpc) is 2.66. The van der Waals surface area contributed by atoms with Gasteiger partial charge in [0.2, 0.25) is 0 Å². The Morgan fingerprint density at radius 3 is 3.14 bits per heavy atom. The number of aliphatic hydroxyl groups excluding tert-OH is 1. The molecular weight excluding hydrogens is 178 g/mol. The maximum absolute atomic E-state index is 9.12. The lowest BCUT2D eigenvalue weighted by molar-refractivity contribution is 0.251. The third-order valence-electron chi connectivity index (χ3n) is 2.40. The van der Waals surface area contributed by atoms with Gasteiger partial charge in [0.05, 0.1) is 24.4 Å². The Morgan fingerprint density at radius 1 is 1.57 bits per heavy atom. The molecule has 0 spiro atoms. The van der Waals surface area contributed by atoms with Crippen LogP contribution in [0.3, 0.4) is 0 Å². The van der Waals surface area contributed by atoms with E-state index in [0.717, 1.165) is 16.5 Å². The third kappa shape index (κ3) is 1.49. The third-order valence-corrected chi connectivity index (χ3v) is 2.40. The molecule has 0 saturated heterocycles. The summed E-state index contributed by atoms with van der Waals surface area (Å²) in [5.74, 6) is 0. The first-order chi connectivity index (χ1) is 6.85. The molecule has 0 unspecified atom stereocenters. The highest BCUT2D eigenvalue weighted by atomic mass is 16.3. The van der Waals surface area contributed by atoms with Crippen molar-refractivity contribution in [3.8, 4) is 0 Å². The van der Waals surface area contributed by atoms with E-state index in [1.165, 1.54) is 0 Å². The predicted molar refractivity (Wildman–Crippen MR) is 55.0 cm³/mol. The van der Waals surface area contributed by atoms with Crippen LogP contribution in [0.2, 0.25) is 0 Å². The Bertz CT molecular complexity index is 420. The van der Waals surface area contributed by atoms with Crippen LogP contribution in [0.5, 0.6) is 0 Å². The van der Waals surface area contributed by atoms with Crippen molar-refractivity contribution >= 4 is 10.9 Å². The van der Waals surface area contributed by atoms with Gasteiger partial charge in [-0.3, -0.25) is 5.10 Å². The Morgan fingerprint density at radius 2 is 2.43 bits per heavy atom. The van der Waals surface area contributed by atoms with Gasteiger partial charge >= 0.3 is 0 Å². The number of hydrogen-bond acceptors (Lipinski definition) is 3. The molecule has 3 N–H and O–H groups in total. The minimum atomic E-state index is -0.00528. The van der Waals surface area contributed by atoms with Crippen molar-refractivity contribution in [3.63, 3.8) is 0 Å². The molecule has 2 aromatic rings. The summed E-state index contributed by atoms with van der Waals surface area (Å²) in [6.45, 7) is 0.0971. The largest absolute Gasteiger partial charge is 0.394 e. The number of likely N-dealkylation sites (N-methyl/N-ethyl adjacent to an activating group) is 1. The van der Waals surface area contributed by atoms with E-state index < -0.39 is 0 Å². The lowest BCUT2D eigenvalue weighted by Gasteiger charge is -2.12. The number of hydrogen-bond donors (Lipinski definition) is 3. The fraction of sp³-hybridized carbons (Fsp3) is 0.300. The van der Waals surface area contributed by atoms with Crippen molar-refractivity contribution in [1.29, 1.82) is 0 Å². The van der Waals surface area contributed by atoms with Gasteiger partial charge in [-0.25, -0.2) is 0 Å². The minimum Gasteiger partial charge on any atom is -0.394 e. The summed E-state index contributed by atoms with van der Waals surface area (Å²) in [7, 11) is 1.83. The number of fused-ring (bicyclic) bond motifs is 1. The Balaban J connectivity index is 2.42. The standard InChI is InChI=1S/C10H13N3O/c1-11-10(6-14)7-2-3-9-8(4-7)5-12-13-9/h2-5,10-11,14H,6H2,1H3,(H,12,13)/t10-/m1/s1. The summed E-state index contributed by atoms with van der Waals surface area (Å²) in [5, 5.41) is 20.1. The fourth-order valence-corrected chi connectivity index (χ4v) is 1.54. The molecule has 0 amide bonds. The van der Waals surface area contributed by atoms with Gasteiger partial charge in [0.25, 0.3) is 0 Å². The zero-order chi connectivity index (χ0) is 9.97. The molecule has 0 radical (unpaired) electrons. The van der Waals surface area contributed by atoms with Crippen LogP contribution in [0.4, 0.5) is 0 Å². The molecule has 1 aromatic carbocycles. The molecule has 74 valence electrons. The molecular formula is C10H13N3O. The highest BCUT2D eigenvalue weighted by Crippen LogP contribution is 2.18. The maximum atomic E-state index is 9.12. The van der Waals surface area contributed by atoms with Gasteiger partial charge in [0, 0.05) is 5.39 Å². The Hall–Kier alpha value is -1.39. The van der Waals surface area contributed by atoms with E-state index in [4.69, 9.17) is 5.11 Å². The molecule has 0 aliphatic heterocycles. The lowest BCUT2D eigenvalue weighted by Crippen LogP contribution is -2.19. The van der Waals surface area contributed by atoms with Gasteiger partial charge in [-0.05, 0) is 24.7 Å². The van der Waals surface area contributed by atoms with Gasteiger partial charge in [-0.1, -0.05) is 6.07 Å². The highest BCUT2D eigenvalue weighted by molar-refractivity contribution is 5.78. The predicted octanol–water partition coefficient (Wildman–Crippen LogP) is 0.816. The van der Waals surface area contributed by atoms with E-state index in [1.807, 2.05) is 25.2 Å². The molecule has 0 fully saturated rings. The number of H-pyrrole nitrogens is 1. The number of aliphatic hydroxyl groups is 1. The summed E-state index contributed by atoms with van der Waals surface area (Å²) in [6, 6.07) is 5.97. The van der Waals surface area contributed by atoms with Crippen molar-refractivity contribution in [3.05, 3.63) is 30.0 Å². The SMILES string of the molecule is CN[C@H](CO)c1ccc2[nH]ncc2c1. The molecule has 14 heavy (non-hydrogen) atoms. The van der Waals surface area contributed by atoms with Crippen LogP contribution < -0.4 is 5.32 Å². The molecule has 0 bridgehead atoms. The molecule has 0 aliphatic rings. The molecule has 0 aliphatic carbocycles. The minimum absolute atomic E-state index is 0.00528. The number of nitrogens with zero attached hydrogens (tertiary/aromatic N) is 1. The second-order valence-electron chi connectivity index (χ2n) is 3.24. The summed E-state index contributed by atoms with van der Waals surface area (Å²) >= 11 is 0. The Kier molecular flexibility index (Phi) is 2.47. The van der Waals surface area contributed by atoms with Crippen LogP contribution in [0.25, 0.3) is 10.9 Å². The second-order valence-corrected chi connectivity index (χ2v) is 3.24. The molecule has 1 aromatic heterocycles. The second kappa shape index (κ2) is 3.77. The molecule has 1 atom stereocenters. The monoisotopic (exact) mass is 191 g/mol. The smallest absolute Gasteiger partial charge is 0.0650 e. The fourth-order valence-electron chi connectivity index (χ4n) is 1.54. The molecule has 4 nitrogen and oxygen atoms in total. The molecule has 0 saturated carbocycles. The number of aromatic amines is 1. The van der Waals surface area contributed by atoms with E-state index in [1.54, 1.807) is 6.20 Å². The van der Waals surface area contributed by atoms with Crippen molar-refractivity contribution < 1.29 is 5.11 Å². The normalized spacial score (nSPS) is 13.3. The molecule has 4 heteroatoms. The first kappa shape index (κ1) is 9.18. The maximum Gasteiger partial charge on any atom is 0.0650 e. The van der Waals surface area contributed by atoms with Gasteiger partial charge in [0.1, 0.15) is 0 Å². The van der Waals surface area contributed by atoms with Gasteiger partial charge in [-0.15, -0.1) is 0 Å². The number of nitrogens with one attached hydrogen (secondary N) is 2. The van der Waals surface area contributed by atoms with E-state index >= 15 is 0 Å². The van der Waals surface area contributed by atoms with Crippen LogP contribution in [0, 0.1) is 0 Å². The Labute approximate surface area is 81.9 Å². The first-order valence-electron chi connectivity index (χ1n) is 4.56. The number of benzene rings is 1. The van der Waals surface area contributed by atoms with Crippen molar-refractivity contribution in [2.45, 2.75) is 6.04 Å². The highest BCUT2D eigenvalue weighted by Gasteiger charge is 2.07. The molecule has 1 heterocycles. The van der Waals surface area contributed by atoms with Crippen LogP contribution in [0.15, 0.2) is 24.4 Å². The first-order valence-corrected chi connectivity index (χ1v) is 4.56. The zero-order valence-electron chi connectivity index (χ0n) is 7.99. The van der Waals surface area contributed by atoms with Crippen LogP contribution in [-0.4, -0.2) is 29.0 Å². The van der Waals surface area contributed by atoms with E-state index in [-0.39, 0.29) is 12.6 Å². The molecule has 2 rings (SSSR count). The van der Waals surface area contributed by atoms with E-state index in [2.05, 4.69) is 15.5 Å². The summed E-state index contributed by atoms with van der Waals surface area (Å²) in [4.78, 5) is 0. The quantitative estimate of drug-likeness (QED) is 0.673. The zero-order valence-corrected chi connectivity index (χ0v) is 7.99. The van der Waals surface area contributed by atoms with E-state index in [9.17, 15) is 0 Å². The average molecular weight is 191 g/mol. The topological polar surface area (TPSA) is 60.9 Å². The van der Waals surface area contributed by atoms with Crippen LogP contribution in [0.1, 0.15) is 11.6 Å². The van der Waals surface area contributed by atoms with Crippen molar-refractivity contribution in [1.82, 2.24) is 15.5 Å². The van der Waals surface area contributed by atoms with Crippen LogP contribution >= 0.6 is 0 Å². The van der Waals surface area contributed by atoms with Gasteiger partial charge in [0.15, 0.2) is 0 Å². The lowest BCUT2D eigenvalue weighted by atomic mass is 10.1. The summed E-state index contributed by atoms with van der Waals surface area (Å²) in [5.41, 5.74) is 2.09. The summed E-state index contributed by atoms with van der Waals surface area (Å²) in [6.07, 6.45) is 1.78. The van der Waals surface area contributed by atoms with Crippen LogP contribution in [-0.2, 0) is 0 Å². The van der Waals surface area contributed by atoms with E-state index in [0.29, 0.717) is 0 Å². The number of rotatable bonds is 3. The van der Waals surface area contributed by atoms with Gasteiger partial charge in [-0.2, -0.15) is 5.10 Å². The van der Waals surface area contributed by atoms with Gasteiger partial charge < -0.3 is 10.4 Å². The van der Waals surface area contributed by atoms with Crippen molar-refractivity contribution in [2.24, 2.45) is 0 Å². The number of aromatic nitrogens is 2. The summed E-state index contributed by atoms with van der Waals surface area (Å²) < 4.78 is 0.